The molecule has 1 fully saturated rings. The number of amidine groups is 1. The Morgan fingerprint density at radius 1 is 1.47 bits per heavy atom. The van der Waals surface area contributed by atoms with E-state index < -0.39 is 17.3 Å². The number of hydrogen-bond acceptors (Lipinski definition) is 4. The normalized spacial score (nSPS) is 18.3. The molecule has 0 radical (unpaired) electrons. The molecule has 0 aromatic carbocycles. The van der Waals surface area contributed by atoms with Gasteiger partial charge in [-0.25, -0.2) is 9.37 Å². The second kappa shape index (κ2) is 5.21. The third-order valence-electron chi connectivity index (χ3n) is 3.37. The van der Waals surface area contributed by atoms with Crippen LogP contribution < -0.4 is 11.1 Å². The maximum Gasteiger partial charge on any atom is 0.270 e. The van der Waals surface area contributed by atoms with Crippen molar-refractivity contribution in [2.24, 2.45) is 10.9 Å². The van der Waals surface area contributed by atoms with Crippen LogP contribution in [0.1, 0.15) is 36.2 Å². The number of carbonyl (C=O) groups is 1. The topological polar surface area (TPSA) is 101 Å². The van der Waals surface area contributed by atoms with Crippen LogP contribution in [0.3, 0.4) is 0 Å². The van der Waals surface area contributed by atoms with Crippen LogP contribution in [0.5, 0.6) is 0 Å². The predicted molar refractivity (Wildman–Crippen MR) is 66.3 cm³/mol. The molecule has 1 aliphatic rings. The first-order valence-corrected chi connectivity index (χ1v) is 5.99. The van der Waals surface area contributed by atoms with Crippen molar-refractivity contribution in [1.29, 1.82) is 0 Å². The average molecular weight is 266 g/mol. The number of oxime groups is 1. The number of pyridine rings is 1. The van der Waals surface area contributed by atoms with E-state index in [1.807, 2.05) is 0 Å². The van der Waals surface area contributed by atoms with Crippen molar-refractivity contribution in [3.8, 4) is 0 Å². The van der Waals surface area contributed by atoms with E-state index in [4.69, 9.17) is 10.9 Å². The van der Waals surface area contributed by atoms with Gasteiger partial charge in [-0.05, 0) is 25.0 Å². The van der Waals surface area contributed by atoms with Gasteiger partial charge in [-0.3, -0.25) is 4.79 Å². The highest BCUT2D eigenvalue weighted by Gasteiger charge is 2.40. The molecule has 1 aliphatic carbocycles. The van der Waals surface area contributed by atoms with Crippen LogP contribution >= 0.6 is 0 Å². The summed E-state index contributed by atoms with van der Waals surface area (Å²) in [4.78, 5) is 15.8. The lowest BCUT2D eigenvalue weighted by Gasteiger charge is -2.28. The Labute approximate surface area is 109 Å². The molecule has 2 rings (SSSR count). The molecular weight excluding hydrogens is 251 g/mol. The van der Waals surface area contributed by atoms with E-state index in [0.29, 0.717) is 12.8 Å². The lowest BCUT2D eigenvalue weighted by atomic mass is 9.96. The molecule has 1 aromatic heterocycles. The second-order valence-electron chi connectivity index (χ2n) is 4.59. The molecule has 0 saturated heterocycles. The number of halogens is 1. The zero-order valence-electron chi connectivity index (χ0n) is 10.3. The van der Waals surface area contributed by atoms with Crippen LogP contribution in [0.4, 0.5) is 4.39 Å². The Morgan fingerprint density at radius 2 is 2.16 bits per heavy atom. The van der Waals surface area contributed by atoms with E-state index in [2.05, 4.69) is 15.5 Å². The Hall–Kier alpha value is -2.18. The third kappa shape index (κ3) is 2.64. The van der Waals surface area contributed by atoms with Crippen molar-refractivity contribution < 1.29 is 14.4 Å². The molecule has 0 spiro atoms. The highest BCUT2D eigenvalue weighted by atomic mass is 19.1. The SMILES string of the molecule is N/C(=N/O)C1(NC(=O)c2ccc(F)cn2)CCCC1. The van der Waals surface area contributed by atoms with Crippen molar-refractivity contribution in [3.63, 3.8) is 0 Å². The number of nitrogens with one attached hydrogen (secondary N) is 1. The molecular formula is C12H15FN4O2. The molecule has 19 heavy (non-hydrogen) atoms. The van der Waals surface area contributed by atoms with E-state index in [9.17, 15) is 9.18 Å². The van der Waals surface area contributed by atoms with Crippen LogP contribution in [0.15, 0.2) is 23.5 Å². The fraction of sp³-hybridized carbons (Fsp3) is 0.417. The minimum atomic E-state index is -0.831. The van der Waals surface area contributed by atoms with Crippen molar-refractivity contribution in [2.45, 2.75) is 31.2 Å². The van der Waals surface area contributed by atoms with Gasteiger partial charge in [0.25, 0.3) is 5.91 Å². The molecule has 1 saturated carbocycles. The van der Waals surface area contributed by atoms with Crippen molar-refractivity contribution >= 4 is 11.7 Å². The molecule has 1 amide bonds. The smallest absolute Gasteiger partial charge is 0.270 e. The number of aromatic nitrogens is 1. The van der Waals surface area contributed by atoms with Gasteiger partial charge in [-0.15, -0.1) is 0 Å². The van der Waals surface area contributed by atoms with Gasteiger partial charge >= 0.3 is 0 Å². The Kier molecular flexibility index (Phi) is 3.64. The maximum absolute atomic E-state index is 12.7. The van der Waals surface area contributed by atoms with Crippen LogP contribution in [-0.2, 0) is 0 Å². The zero-order chi connectivity index (χ0) is 13.9. The van der Waals surface area contributed by atoms with Crippen molar-refractivity contribution in [1.82, 2.24) is 10.3 Å². The van der Waals surface area contributed by atoms with Gasteiger partial charge in [0.1, 0.15) is 17.1 Å². The molecule has 1 aromatic rings. The lowest BCUT2D eigenvalue weighted by molar-refractivity contribution is 0.0917. The highest BCUT2D eigenvalue weighted by Crippen LogP contribution is 2.30. The van der Waals surface area contributed by atoms with Gasteiger partial charge in [0.15, 0.2) is 5.84 Å². The maximum atomic E-state index is 12.7. The van der Waals surface area contributed by atoms with Gasteiger partial charge in [0.05, 0.1) is 6.20 Å². The van der Waals surface area contributed by atoms with Crippen LogP contribution in [-0.4, -0.2) is 27.5 Å². The summed E-state index contributed by atoms with van der Waals surface area (Å²) in [5.41, 5.74) is 4.93. The number of rotatable bonds is 3. The number of carbonyl (C=O) groups excluding carboxylic acids is 1. The third-order valence-corrected chi connectivity index (χ3v) is 3.37. The van der Waals surface area contributed by atoms with E-state index in [-0.39, 0.29) is 11.5 Å². The summed E-state index contributed by atoms with van der Waals surface area (Å²) in [6.07, 6.45) is 3.95. The fourth-order valence-corrected chi connectivity index (χ4v) is 2.31. The van der Waals surface area contributed by atoms with Crippen LogP contribution in [0.2, 0.25) is 0 Å². The first kappa shape index (κ1) is 13.3. The second-order valence-corrected chi connectivity index (χ2v) is 4.59. The van der Waals surface area contributed by atoms with Gasteiger partial charge < -0.3 is 16.3 Å². The van der Waals surface area contributed by atoms with E-state index in [1.54, 1.807) is 0 Å². The van der Waals surface area contributed by atoms with Crippen molar-refractivity contribution in [3.05, 3.63) is 29.8 Å². The largest absolute Gasteiger partial charge is 0.409 e. The molecule has 102 valence electrons. The van der Waals surface area contributed by atoms with Gasteiger partial charge in [0.2, 0.25) is 0 Å². The number of hydrogen-bond donors (Lipinski definition) is 3. The van der Waals surface area contributed by atoms with Gasteiger partial charge in [-0.2, -0.15) is 0 Å². The highest BCUT2D eigenvalue weighted by molar-refractivity contribution is 5.99. The Bertz CT molecular complexity index is 495. The average Bonchev–Trinajstić information content (AvgIpc) is 2.88. The van der Waals surface area contributed by atoms with Gasteiger partial charge in [-0.1, -0.05) is 18.0 Å². The number of nitrogens with zero attached hydrogens (tertiary/aromatic N) is 2. The lowest BCUT2D eigenvalue weighted by Crippen LogP contribution is -2.55. The molecule has 0 bridgehead atoms. The minimum Gasteiger partial charge on any atom is -0.409 e. The summed E-state index contributed by atoms with van der Waals surface area (Å²) >= 11 is 0. The van der Waals surface area contributed by atoms with Crippen molar-refractivity contribution in [2.75, 3.05) is 0 Å². The molecule has 0 aliphatic heterocycles. The number of nitrogens with two attached hydrogens (primary N) is 1. The summed E-state index contributed by atoms with van der Waals surface area (Å²) in [5, 5.41) is 14.6. The summed E-state index contributed by atoms with van der Waals surface area (Å²) in [7, 11) is 0. The Morgan fingerprint density at radius 3 is 2.68 bits per heavy atom. The van der Waals surface area contributed by atoms with E-state index >= 15 is 0 Å². The van der Waals surface area contributed by atoms with Crippen LogP contribution in [0.25, 0.3) is 0 Å². The quantitative estimate of drug-likeness (QED) is 0.329. The van der Waals surface area contributed by atoms with E-state index in [0.717, 1.165) is 25.1 Å². The number of amides is 1. The fourth-order valence-electron chi connectivity index (χ4n) is 2.31. The van der Waals surface area contributed by atoms with Crippen LogP contribution in [0, 0.1) is 5.82 Å². The molecule has 7 heteroatoms. The summed E-state index contributed by atoms with van der Waals surface area (Å²) < 4.78 is 12.7. The molecule has 1 heterocycles. The molecule has 0 unspecified atom stereocenters. The summed E-state index contributed by atoms with van der Waals surface area (Å²) in [6, 6.07) is 2.45. The minimum absolute atomic E-state index is 0.0135. The Balaban J connectivity index is 2.18. The standard InChI is InChI=1S/C12H15FN4O2/c13-8-3-4-9(15-7-8)10(18)16-12(11(14)17-19)5-1-2-6-12/h3-4,7,19H,1-2,5-6H2,(H2,14,17)(H,16,18). The first-order chi connectivity index (χ1) is 9.07. The van der Waals surface area contributed by atoms with Gasteiger partial charge in [0, 0.05) is 0 Å². The van der Waals surface area contributed by atoms with E-state index in [1.165, 1.54) is 6.07 Å². The molecule has 6 nitrogen and oxygen atoms in total. The predicted octanol–water partition coefficient (Wildman–Crippen LogP) is 1.01. The molecule has 0 atom stereocenters. The molecule has 4 N–H and O–H groups in total. The summed E-state index contributed by atoms with van der Waals surface area (Å²) in [6.45, 7) is 0. The first-order valence-electron chi connectivity index (χ1n) is 5.99. The monoisotopic (exact) mass is 266 g/mol. The zero-order valence-corrected chi connectivity index (χ0v) is 10.3. The summed E-state index contributed by atoms with van der Waals surface area (Å²) in [5.74, 6) is -0.988.